The molecule has 2 aromatic heterocycles. The van der Waals surface area contributed by atoms with Gasteiger partial charge >= 0.3 is 0 Å². The van der Waals surface area contributed by atoms with Crippen LogP contribution in [0.15, 0.2) is 48.7 Å². The van der Waals surface area contributed by atoms with E-state index in [-0.39, 0.29) is 5.41 Å². The fourth-order valence-corrected chi connectivity index (χ4v) is 3.49. The van der Waals surface area contributed by atoms with E-state index in [4.69, 9.17) is 4.98 Å². The number of benzene rings is 2. The van der Waals surface area contributed by atoms with Gasteiger partial charge < -0.3 is 9.88 Å². The highest BCUT2D eigenvalue weighted by molar-refractivity contribution is 5.80. The maximum absolute atomic E-state index is 4.84. The number of hydrogen-bond acceptors (Lipinski definition) is 4. The number of rotatable bonds is 4. The van der Waals surface area contributed by atoms with Crippen molar-refractivity contribution in [1.82, 2.24) is 24.5 Å². The Balaban J connectivity index is 1.53. The van der Waals surface area contributed by atoms with Crippen LogP contribution in [0.5, 0.6) is 0 Å². The number of aromatic nitrogens is 5. The zero-order valence-electron chi connectivity index (χ0n) is 17.1. The fourth-order valence-electron chi connectivity index (χ4n) is 3.49. The van der Waals surface area contributed by atoms with Crippen molar-refractivity contribution in [2.24, 2.45) is 7.05 Å². The van der Waals surface area contributed by atoms with Crippen LogP contribution < -0.4 is 5.32 Å². The van der Waals surface area contributed by atoms with Crippen molar-refractivity contribution in [3.63, 3.8) is 0 Å². The van der Waals surface area contributed by atoms with Gasteiger partial charge in [-0.3, -0.25) is 0 Å². The van der Waals surface area contributed by atoms with Gasteiger partial charge in [0.15, 0.2) is 0 Å². The second-order valence-corrected chi connectivity index (χ2v) is 8.24. The lowest BCUT2D eigenvalue weighted by Crippen LogP contribution is -2.17. The van der Waals surface area contributed by atoms with Gasteiger partial charge in [0.1, 0.15) is 11.5 Å². The molecule has 2 heterocycles. The van der Waals surface area contributed by atoms with Crippen LogP contribution in [0, 0.1) is 6.92 Å². The Bertz CT molecular complexity index is 1130. The van der Waals surface area contributed by atoms with Gasteiger partial charge in [-0.15, -0.1) is 5.10 Å². The van der Waals surface area contributed by atoms with Gasteiger partial charge in [0.2, 0.25) is 0 Å². The van der Waals surface area contributed by atoms with Crippen LogP contribution in [-0.2, 0) is 19.0 Å². The van der Waals surface area contributed by atoms with Gasteiger partial charge in [0, 0.05) is 18.2 Å². The molecule has 0 aliphatic rings. The SMILES string of the molecule is Cc1ccccc1-n1cc(CNc2ccc3c(c2)nc(C(C)(C)C)n3C)nn1. The minimum absolute atomic E-state index is 0.00936. The molecule has 1 N–H and O–H groups in total. The van der Waals surface area contributed by atoms with E-state index in [0.29, 0.717) is 6.54 Å². The molecule has 144 valence electrons. The molecule has 4 aromatic rings. The quantitative estimate of drug-likeness (QED) is 0.576. The molecule has 0 saturated heterocycles. The molecule has 0 bridgehead atoms. The Morgan fingerprint density at radius 1 is 1.07 bits per heavy atom. The van der Waals surface area contributed by atoms with Gasteiger partial charge in [0.05, 0.1) is 29.5 Å². The van der Waals surface area contributed by atoms with Crippen molar-refractivity contribution in [3.05, 3.63) is 65.7 Å². The van der Waals surface area contributed by atoms with Crippen molar-refractivity contribution in [3.8, 4) is 5.69 Å². The molecule has 2 aromatic carbocycles. The molecule has 0 amide bonds. The van der Waals surface area contributed by atoms with E-state index in [0.717, 1.165) is 33.9 Å². The molecule has 6 heteroatoms. The Hall–Kier alpha value is -3.15. The average Bonchev–Trinajstić information content (AvgIpc) is 3.25. The van der Waals surface area contributed by atoms with Crippen LogP contribution >= 0.6 is 0 Å². The lowest BCUT2D eigenvalue weighted by molar-refractivity contribution is 0.526. The first-order valence-corrected chi connectivity index (χ1v) is 9.51. The molecule has 0 fully saturated rings. The monoisotopic (exact) mass is 374 g/mol. The Labute approximate surface area is 165 Å². The molecule has 28 heavy (non-hydrogen) atoms. The fraction of sp³-hybridized carbons (Fsp3) is 0.318. The summed E-state index contributed by atoms with van der Waals surface area (Å²) in [6.45, 7) is 9.24. The standard InChI is InChI=1S/C22H26N6/c1-15-8-6-7-9-19(15)28-14-17(25-26-28)13-23-16-10-11-20-18(12-16)24-21(27(20)5)22(2,3)4/h6-12,14,23H,13H2,1-5H3. The smallest absolute Gasteiger partial charge is 0.115 e. The van der Waals surface area contributed by atoms with Crippen LogP contribution in [0.25, 0.3) is 16.7 Å². The normalized spacial score (nSPS) is 11.9. The lowest BCUT2D eigenvalue weighted by atomic mass is 9.96. The van der Waals surface area contributed by atoms with Crippen molar-refractivity contribution < 1.29 is 0 Å². The highest BCUT2D eigenvalue weighted by Crippen LogP contribution is 2.27. The zero-order chi connectivity index (χ0) is 19.9. The maximum atomic E-state index is 4.84. The molecule has 0 atom stereocenters. The number of nitrogens with zero attached hydrogens (tertiary/aromatic N) is 5. The number of aryl methyl sites for hydroxylation is 2. The molecule has 0 saturated carbocycles. The predicted molar refractivity (Wildman–Crippen MR) is 113 cm³/mol. The lowest BCUT2D eigenvalue weighted by Gasteiger charge is -2.17. The zero-order valence-corrected chi connectivity index (χ0v) is 17.1. The first-order valence-electron chi connectivity index (χ1n) is 9.51. The number of imidazole rings is 1. The Morgan fingerprint density at radius 3 is 2.61 bits per heavy atom. The molecule has 4 rings (SSSR count). The highest BCUT2D eigenvalue weighted by atomic mass is 15.4. The number of para-hydroxylation sites is 1. The third-order valence-corrected chi connectivity index (χ3v) is 4.93. The number of anilines is 1. The van der Waals surface area contributed by atoms with Crippen LogP contribution in [0.2, 0.25) is 0 Å². The second kappa shape index (κ2) is 6.78. The molecule has 0 unspecified atom stereocenters. The van der Waals surface area contributed by atoms with E-state index in [9.17, 15) is 0 Å². The van der Waals surface area contributed by atoms with Crippen LogP contribution in [0.4, 0.5) is 5.69 Å². The number of hydrogen-bond donors (Lipinski definition) is 1. The van der Waals surface area contributed by atoms with Crippen molar-refractivity contribution >= 4 is 16.7 Å². The van der Waals surface area contributed by atoms with E-state index in [1.165, 1.54) is 5.56 Å². The van der Waals surface area contributed by atoms with Crippen LogP contribution in [-0.4, -0.2) is 24.5 Å². The van der Waals surface area contributed by atoms with E-state index < -0.39 is 0 Å². The minimum Gasteiger partial charge on any atom is -0.379 e. The third-order valence-electron chi connectivity index (χ3n) is 4.93. The van der Waals surface area contributed by atoms with Crippen molar-refractivity contribution in [2.75, 3.05) is 5.32 Å². The molecule has 0 aliphatic carbocycles. The van der Waals surface area contributed by atoms with Gasteiger partial charge in [-0.05, 0) is 36.8 Å². The molecule has 0 radical (unpaired) electrons. The summed E-state index contributed by atoms with van der Waals surface area (Å²) in [6, 6.07) is 14.4. The molecule has 0 spiro atoms. The molecular weight excluding hydrogens is 348 g/mol. The van der Waals surface area contributed by atoms with E-state index in [2.05, 4.69) is 79.2 Å². The van der Waals surface area contributed by atoms with E-state index in [1.807, 2.05) is 29.1 Å². The summed E-state index contributed by atoms with van der Waals surface area (Å²) in [5.41, 5.74) is 6.28. The van der Waals surface area contributed by atoms with Crippen LogP contribution in [0.1, 0.15) is 37.9 Å². The van der Waals surface area contributed by atoms with Gasteiger partial charge in [0.25, 0.3) is 0 Å². The molecule has 0 aliphatic heterocycles. The predicted octanol–water partition coefficient (Wildman–Crippen LogP) is 4.37. The van der Waals surface area contributed by atoms with Gasteiger partial charge in [-0.25, -0.2) is 9.67 Å². The summed E-state index contributed by atoms with van der Waals surface area (Å²) in [7, 11) is 2.08. The molecule has 6 nitrogen and oxygen atoms in total. The second-order valence-electron chi connectivity index (χ2n) is 8.24. The van der Waals surface area contributed by atoms with E-state index in [1.54, 1.807) is 0 Å². The molecular formula is C22H26N6. The summed E-state index contributed by atoms with van der Waals surface area (Å²) in [6.07, 6.45) is 1.96. The Morgan fingerprint density at radius 2 is 1.86 bits per heavy atom. The first kappa shape index (κ1) is 18.2. The number of nitrogens with one attached hydrogen (secondary N) is 1. The van der Waals surface area contributed by atoms with E-state index >= 15 is 0 Å². The van der Waals surface area contributed by atoms with Gasteiger partial charge in [-0.2, -0.15) is 0 Å². The summed E-state index contributed by atoms with van der Waals surface area (Å²) >= 11 is 0. The van der Waals surface area contributed by atoms with Gasteiger partial charge in [-0.1, -0.05) is 44.2 Å². The maximum Gasteiger partial charge on any atom is 0.115 e. The summed E-state index contributed by atoms with van der Waals surface area (Å²) < 4.78 is 4.00. The summed E-state index contributed by atoms with van der Waals surface area (Å²) in [4.78, 5) is 4.84. The largest absolute Gasteiger partial charge is 0.379 e. The third kappa shape index (κ3) is 3.38. The first-order chi connectivity index (χ1) is 13.3. The van der Waals surface area contributed by atoms with Crippen LogP contribution in [0.3, 0.4) is 0 Å². The topological polar surface area (TPSA) is 60.6 Å². The summed E-state index contributed by atoms with van der Waals surface area (Å²) in [5, 5.41) is 12.0. The highest BCUT2D eigenvalue weighted by Gasteiger charge is 2.21. The average molecular weight is 374 g/mol. The van der Waals surface area contributed by atoms with Crippen molar-refractivity contribution in [1.29, 1.82) is 0 Å². The van der Waals surface area contributed by atoms with Crippen molar-refractivity contribution in [2.45, 2.75) is 39.7 Å². The summed E-state index contributed by atoms with van der Waals surface area (Å²) in [5.74, 6) is 1.08. The number of fused-ring (bicyclic) bond motifs is 1. The minimum atomic E-state index is 0.00936. The Kier molecular flexibility index (Phi) is 4.41.